The van der Waals surface area contributed by atoms with Gasteiger partial charge in [-0.3, -0.25) is 0 Å². The lowest BCUT2D eigenvalue weighted by Crippen LogP contribution is -2.65. The Hall–Kier alpha value is -1.33. The van der Waals surface area contributed by atoms with E-state index in [1.165, 1.54) is 93.9 Å². The van der Waals surface area contributed by atoms with Crippen molar-refractivity contribution in [2.75, 3.05) is 7.11 Å². The summed E-state index contributed by atoms with van der Waals surface area (Å²) >= 11 is 0. The molecule has 10 rings (SSSR count). The second-order valence-corrected chi connectivity index (χ2v) is 26.0. The molecule has 8 fully saturated rings. The molecular formula is C47H70OP+. The number of methoxy groups -OCH3 is 1. The van der Waals surface area contributed by atoms with Gasteiger partial charge in [-0.2, -0.15) is 0 Å². The van der Waals surface area contributed by atoms with E-state index < -0.39 is 7.26 Å². The van der Waals surface area contributed by atoms with Crippen molar-refractivity contribution in [1.82, 2.24) is 0 Å². The van der Waals surface area contributed by atoms with Crippen molar-refractivity contribution in [2.24, 2.45) is 35.5 Å². The summed E-state index contributed by atoms with van der Waals surface area (Å²) in [5.41, 5.74) is 9.41. The van der Waals surface area contributed by atoms with Gasteiger partial charge in [0, 0.05) is 5.56 Å². The zero-order valence-corrected chi connectivity index (χ0v) is 34.2. The number of rotatable bonds is 8. The first-order chi connectivity index (χ1) is 23.1. The maximum Gasteiger partial charge on any atom is 0.161 e. The number of benzene rings is 2. The van der Waals surface area contributed by atoms with Gasteiger partial charge in [0.1, 0.15) is 5.30 Å². The highest BCUT2D eigenvalue weighted by atomic mass is 31.2. The highest BCUT2D eigenvalue weighted by Gasteiger charge is 2.80. The molecule has 8 bridgehead atoms. The van der Waals surface area contributed by atoms with Crippen molar-refractivity contribution in [3.8, 4) is 16.9 Å². The van der Waals surface area contributed by atoms with E-state index in [9.17, 15) is 0 Å². The quantitative estimate of drug-likeness (QED) is 0.252. The van der Waals surface area contributed by atoms with Crippen LogP contribution in [0.25, 0.3) is 11.1 Å². The van der Waals surface area contributed by atoms with Crippen LogP contribution < -0.4 is 10.0 Å². The fraction of sp³-hybridized carbons (Fsp3) is 0.745. The lowest BCUT2D eigenvalue weighted by molar-refractivity contribution is 0.0152. The number of hydrogen-bond donors (Lipinski definition) is 0. The summed E-state index contributed by atoms with van der Waals surface area (Å²) in [5.74, 6) is 8.40. The average molecular weight is 682 g/mol. The summed E-state index contributed by atoms with van der Waals surface area (Å²) in [7, 11) is 0.0595. The lowest BCUT2D eigenvalue weighted by Gasteiger charge is -2.71. The number of hydrogen-bond acceptors (Lipinski definition) is 1. The minimum atomic E-state index is -1.97. The third-order valence-corrected chi connectivity index (χ3v) is 22.8. The number of aryl methyl sites for hydroxylation is 1. The van der Waals surface area contributed by atoms with Crippen LogP contribution in [-0.4, -0.2) is 22.6 Å². The highest BCUT2D eigenvalue weighted by Crippen LogP contribution is 2.93. The molecule has 2 aromatic rings. The molecule has 2 aromatic carbocycles. The van der Waals surface area contributed by atoms with Gasteiger partial charge >= 0.3 is 0 Å². The van der Waals surface area contributed by atoms with Crippen LogP contribution in [0, 0.1) is 42.4 Å². The minimum absolute atomic E-state index is 0.202. The molecule has 0 unspecified atom stereocenters. The van der Waals surface area contributed by atoms with Crippen molar-refractivity contribution < 1.29 is 4.74 Å². The zero-order valence-electron chi connectivity index (χ0n) is 33.3. The topological polar surface area (TPSA) is 9.23 Å². The Balaban J connectivity index is 1.54. The molecule has 49 heavy (non-hydrogen) atoms. The van der Waals surface area contributed by atoms with E-state index in [2.05, 4.69) is 93.5 Å². The molecule has 1 nitrogen and oxygen atoms in total. The molecule has 0 amide bonds. The molecule has 8 aliphatic rings. The molecule has 0 radical (unpaired) electrons. The van der Waals surface area contributed by atoms with Crippen molar-refractivity contribution in [3.63, 3.8) is 0 Å². The summed E-state index contributed by atoms with van der Waals surface area (Å²) in [4.78, 5) is 0. The summed E-state index contributed by atoms with van der Waals surface area (Å²) in [6, 6.07) is 10.2. The van der Waals surface area contributed by atoms with Crippen LogP contribution in [0.5, 0.6) is 5.75 Å². The number of ether oxygens (including phenoxy) is 1. The third kappa shape index (κ3) is 4.99. The van der Waals surface area contributed by atoms with Crippen molar-refractivity contribution >= 4 is 12.6 Å². The van der Waals surface area contributed by atoms with Crippen molar-refractivity contribution in [1.29, 1.82) is 0 Å². The predicted octanol–water partition coefficient (Wildman–Crippen LogP) is 13.4. The smallest absolute Gasteiger partial charge is 0.161 e. The van der Waals surface area contributed by atoms with Gasteiger partial charge < -0.3 is 4.74 Å². The van der Waals surface area contributed by atoms with Crippen LogP contribution in [0.4, 0.5) is 0 Å². The standard InChI is InChI=1S/C47H70OP/c1-28(2)38-20-39(29(3)4)43(40(21-38)30(5)6)42-31(7)12-13-41(48-11)44(42)49(45(8,9)10,46-22-32-14-33(23-46)16-34(15-32)24-46)47-25-35-17-36(26-47)19-37(18-35)27-47/h12-13,20-21,28-30,32-37H,14-19,22-27H2,1-11H3/q+1. The van der Waals surface area contributed by atoms with Gasteiger partial charge in [0.15, 0.2) is 5.75 Å². The molecule has 0 N–H and O–H groups in total. The summed E-state index contributed by atoms with van der Waals surface area (Å²) in [6.07, 6.45) is 18.1. The van der Waals surface area contributed by atoms with E-state index in [0.717, 1.165) is 35.5 Å². The maximum absolute atomic E-state index is 6.88. The van der Waals surface area contributed by atoms with Crippen LogP contribution in [0.2, 0.25) is 0 Å². The molecule has 0 atom stereocenters. The average Bonchev–Trinajstić information content (AvgIpc) is 2.98. The van der Waals surface area contributed by atoms with Crippen molar-refractivity contribution in [2.45, 2.75) is 180 Å². The van der Waals surface area contributed by atoms with Crippen molar-refractivity contribution in [3.05, 3.63) is 46.5 Å². The van der Waals surface area contributed by atoms with Gasteiger partial charge in [-0.25, -0.2) is 0 Å². The molecule has 0 heterocycles. The van der Waals surface area contributed by atoms with Gasteiger partial charge in [-0.15, -0.1) is 0 Å². The summed E-state index contributed by atoms with van der Waals surface area (Å²) in [6.45, 7) is 25.5. The Bertz CT molecular complexity index is 1450. The predicted molar refractivity (Wildman–Crippen MR) is 214 cm³/mol. The first-order valence-corrected chi connectivity index (χ1v) is 22.7. The fourth-order valence-electron chi connectivity index (χ4n) is 15.4. The van der Waals surface area contributed by atoms with E-state index in [4.69, 9.17) is 4.74 Å². The van der Waals surface area contributed by atoms with Gasteiger partial charge in [-0.1, -0.05) is 59.7 Å². The maximum atomic E-state index is 6.88. The SMILES string of the molecule is COc1ccc(C)c(-c2c(C(C)C)cc(C(C)C)cc2C(C)C)c1[P+](C(C)(C)C)(C12CC3CC(CC(C3)C1)C2)C12CC3CC(CC(C3)C1)C2. The highest BCUT2D eigenvalue weighted by molar-refractivity contribution is 7.87. The van der Waals surface area contributed by atoms with Gasteiger partial charge in [0.2, 0.25) is 0 Å². The summed E-state index contributed by atoms with van der Waals surface area (Å²) in [5, 5.41) is 2.87. The van der Waals surface area contributed by atoms with Crippen LogP contribution in [0.1, 0.15) is 179 Å². The lowest BCUT2D eigenvalue weighted by atomic mass is 9.55. The molecule has 8 aliphatic carbocycles. The molecule has 0 spiro atoms. The molecule has 0 aliphatic heterocycles. The second kappa shape index (κ2) is 11.8. The zero-order chi connectivity index (χ0) is 34.8. The van der Waals surface area contributed by atoms with Gasteiger partial charge in [0.05, 0.1) is 29.8 Å². The Morgan fingerprint density at radius 3 is 1.31 bits per heavy atom. The molecule has 0 aromatic heterocycles. The van der Waals surface area contributed by atoms with E-state index in [-0.39, 0.29) is 5.16 Å². The molecule has 8 saturated carbocycles. The van der Waals surface area contributed by atoms with Crippen LogP contribution in [0.15, 0.2) is 24.3 Å². The van der Waals surface area contributed by atoms with E-state index in [1.807, 2.05) is 7.11 Å². The van der Waals surface area contributed by atoms with Crippen LogP contribution in [0.3, 0.4) is 0 Å². The van der Waals surface area contributed by atoms with E-state index >= 15 is 0 Å². The molecule has 0 saturated heterocycles. The normalized spacial score (nSPS) is 36.0. The Kier molecular flexibility index (Phi) is 8.39. The fourth-order valence-corrected chi connectivity index (χ4v) is 25.2. The van der Waals surface area contributed by atoms with Crippen LogP contribution >= 0.6 is 7.26 Å². The van der Waals surface area contributed by atoms with Crippen LogP contribution in [-0.2, 0) is 0 Å². The largest absolute Gasteiger partial charge is 0.493 e. The molecule has 268 valence electrons. The molecule has 2 heteroatoms. The third-order valence-electron chi connectivity index (χ3n) is 15.7. The van der Waals surface area contributed by atoms with Gasteiger partial charge in [-0.05, 0) is 192 Å². The Morgan fingerprint density at radius 2 is 1.00 bits per heavy atom. The monoisotopic (exact) mass is 682 g/mol. The minimum Gasteiger partial charge on any atom is -0.493 e. The summed E-state index contributed by atoms with van der Waals surface area (Å²) < 4.78 is 6.88. The second-order valence-electron chi connectivity index (χ2n) is 21.0. The Labute approximate surface area is 301 Å². The van der Waals surface area contributed by atoms with Gasteiger partial charge in [0.25, 0.3) is 0 Å². The van der Waals surface area contributed by atoms with E-state index in [1.54, 1.807) is 27.6 Å². The first-order valence-electron chi connectivity index (χ1n) is 20.9. The van der Waals surface area contributed by atoms with E-state index in [0.29, 0.717) is 28.1 Å². The molecular weight excluding hydrogens is 611 g/mol. The first kappa shape index (κ1) is 34.7. The Morgan fingerprint density at radius 1 is 0.612 bits per heavy atom.